The van der Waals surface area contributed by atoms with Gasteiger partial charge in [0, 0.05) is 30.0 Å². The lowest BCUT2D eigenvalue weighted by atomic mass is 9.84. The van der Waals surface area contributed by atoms with Gasteiger partial charge in [-0.2, -0.15) is 0 Å². The molecular weight excluding hydrogens is 316 g/mol. The van der Waals surface area contributed by atoms with Crippen LogP contribution in [0.1, 0.15) is 45.6 Å². The predicted molar refractivity (Wildman–Crippen MR) is 88.0 cm³/mol. The molecule has 1 aromatic rings. The molecule has 20 heavy (non-hydrogen) atoms. The quantitative estimate of drug-likeness (QED) is 0.737. The summed E-state index contributed by atoms with van der Waals surface area (Å²) in [5, 5.41) is 3.66. The Labute approximate surface area is 131 Å². The van der Waals surface area contributed by atoms with E-state index in [9.17, 15) is 0 Å². The lowest BCUT2D eigenvalue weighted by Crippen LogP contribution is -2.53. The van der Waals surface area contributed by atoms with E-state index in [1.54, 1.807) is 0 Å². The summed E-state index contributed by atoms with van der Waals surface area (Å²) in [7, 11) is 1.83. The van der Waals surface area contributed by atoms with Crippen molar-refractivity contribution < 1.29 is 4.74 Å². The molecule has 0 saturated carbocycles. The van der Waals surface area contributed by atoms with Gasteiger partial charge in [0.2, 0.25) is 0 Å². The van der Waals surface area contributed by atoms with Gasteiger partial charge in [0.1, 0.15) is 0 Å². The summed E-state index contributed by atoms with van der Waals surface area (Å²) in [6.45, 7) is 7.61. The first-order valence-corrected chi connectivity index (χ1v) is 8.29. The molecular formula is C16H27BrN2O. The van der Waals surface area contributed by atoms with Gasteiger partial charge in [-0.05, 0) is 59.8 Å². The van der Waals surface area contributed by atoms with Gasteiger partial charge in [0.05, 0.1) is 5.60 Å². The van der Waals surface area contributed by atoms with E-state index in [0.717, 1.165) is 36.7 Å². The van der Waals surface area contributed by atoms with Gasteiger partial charge in [-0.3, -0.25) is 4.98 Å². The zero-order valence-corrected chi connectivity index (χ0v) is 14.7. The second kappa shape index (κ2) is 8.75. The van der Waals surface area contributed by atoms with Crippen LogP contribution < -0.4 is 5.32 Å². The first kappa shape index (κ1) is 17.6. The zero-order chi connectivity index (χ0) is 15.0. The van der Waals surface area contributed by atoms with Crippen LogP contribution in [-0.2, 0) is 11.2 Å². The molecule has 1 heterocycles. The highest BCUT2D eigenvalue weighted by atomic mass is 79.9. The third-order valence-electron chi connectivity index (χ3n) is 4.08. The van der Waals surface area contributed by atoms with Crippen molar-refractivity contribution in [3.63, 3.8) is 0 Å². The number of pyridine rings is 1. The number of halogens is 1. The number of nitrogens with one attached hydrogen (secondary N) is 1. The number of hydrogen-bond donors (Lipinski definition) is 1. The molecule has 0 radical (unpaired) electrons. The van der Waals surface area contributed by atoms with E-state index in [1.165, 1.54) is 5.56 Å². The number of methoxy groups -OCH3 is 1. The summed E-state index contributed by atoms with van der Waals surface area (Å²) in [5.74, 6) is 0. The maximum absolute atomic E-state index is 5.90. The first-order valence-electron chi connectivity index (χ1n) is 7.49. The van der Waals surface area contributed by atoms with Crippen LogP contribution in [0, 0.1) is 0 Å². The third-order valence-corrected chi connectivity index (χ3v) is 4.51. The molecule has 114 valence electrons. The Morgan fingerprint density at radius 2 is 2.00 bits per heavy atom. The highest BCUT2D eigenvalue weighted by Gasteiger charge is 2.35. The summed E-state index contributed by atoms with van der Waals surface area (Å²) < 4.78 is 6.93. The van der Waals surface area contributed by atoms with Crippen LogP contribution in [0.25, 0.3) is 0 Å². The minimum Gasteiger partial charge on any atom is -0.377 e. The van der Waals surface area contributed by atoms with Crippen molar-refractivity contribution in [3.05, 3.63) is 28.5 Å². The van der Waals surface area contributed by atoms with Gasteiger partial charge >= 0.3 is 0 Å². The number of nitrogens with zero attached hydrogens (tertiary/aromatic N) is 1. The molecule has 1 atom stereocenters. The first-order chi connectivity index (χ1) is 9.61. The highest BCUT2D eigenvalue weighted by Crippen LogP contribution is 2.27. The van der Waals surface area contributed by atoms with Crippen molar-refractivity contribution in [1.29, 1.82) is 0 Å². The Hall–Kier alpha value is -0.450. The summed E-state index contributed by atoms with van der Waals surface area (Å²) in [6.07, 6.45) is 7.83. The molecule has 0 saturated heterocycles. The van der Waals surface area contributed by atoms with Crippen molar-refractivity contribution in [1.82, 2.24) is 10.3 Å². The lowest BCUT2D eigenvalue weighted by Gasteiger charge is -2.39. The molecule has 0 amide bonds. The minimum atomic E-state index is -0.114. The van der Waals surface area contributed by atoms with Crippen molar-refractivity contribution in [3.8, 4) is 0 Å². The van der Waals surface area contributed by atoms with Crippen molar-refractivity contribution in [2.45, 2.75) is 58.1 Å². The van der Waals surface area contributed by atoms with Crippen LogP contribution in [0.15, 0.2) is 22.9 Å². The normalized spacial score (nSPS) is 13.4. The van der Waals surface area contributed by atoms with Crippen LogP contribution in [0.2, 0.25) is 0 Å². The number of rotatable bonds is 9. The Morgan fingerprint density at radius 1 is 1.30 bits per heavy atom. The molecule has 0 aromatic carbocycles. The average Bonchev–Trinajstić information content (AvgIpc) is 2.47. The van der Waals surface area contributed by atoms with E-state index in [1.807, 2.05) is 19.5 Å². The van der Waals surface area contributed by atoms with Gasteiger partial charge < -0.3 is 10.1 Å². The monoisotopic (exact) mass is 342 g/mol. The Morgan fingerprint density at radius 3 is 2.50 bits per heavy atom. The van der Waals surface area contributed by atoms with Crippen molar-refractivity contribution >= 4 is 15.9 Å². The van der Waals surface area contributed by atoms with Crippen molar-refractivity contribution in [2.75, 3.05) is 13.7 Å². The highest BCUT2D eigenvalue weighted by molar-refractivity contribution is 9.10. The molecule has 0 aliphatic rings. The smallest absolute Gasteiger partial charge is 0.0828 e. The molecule has 0 bridgehead atoms. The standard InChI is InChI=1S/C16H27BrN2O/c1-5-8-19-15(16(6-2,7-3)20-4)10-13-9-14(17)12-18-11-13/h9,11-12,15,19H,5-8,10H2,1-4H3. The number of hydrogen-bond acceptors (Lipinski definition) is 3. The average molecular weight is 343 g/mol. The Bertz CT molecular complexity index is 386. The third kappa shape index (κ3) is 4.54. The van der Waals surface area contributed by atoms with E-state index >= 15 is 0 Å². The SMILES string of the molecule is CCCNC(Cc1cncc(Br)c1)C(CC)(CC)OC. The number of aromatic nitrogens is 1. The van der Waals surface area contributed by atoms with Crippen LogP contribution in [-0.4, -0.2) is 30.3 Å². The second-order valence-electron chi connectivity index (χ2n) is 5.20. The van der Waals surface area contributed by atoms with Crippen LogP contribution in [0.3, 0.4) is 0 Å². The van der Waals surface area contributed by atoms with E-state index < -0.39 is 0 Å². The Balaban J connectivity index is 2.93. The van der Waals surface area contributed by atoms with E-state index in [0.29, 0.717) is 6.04 Å². The molecule has 4 heteroatoms. The zero-order valence-electron chi connectivity index (χ0n) is 13.1. The van der Waals surface area contributed by atoms with Gasteiger partial charge in [-0.25, -0.2) is 0 Å². The molecule has 1 aromatic heterocycles. The fraction of sp³-hybridized carbons (Fsp3) is 0.688. The van der Waals surface area contributed by atoms with Crippen molar-refractivity contribution in [2.24, 2.45) is 0 Å². The maximum Gasteiger partial charge on any atom is 0.0828 e. The molecule has 1 N–H and O–H groups in total. The summed E-state index contributed by atoms with van der Waals surface area (Å²) >= 11 is 3.49. The van der Waals surface area contributed by atoms with Crippen LogP contribution >= 0.6 is 15.9 Å². The van der Waals surface area contributed by atoms with Gasteiger partial charge in [0.25, 0.3) is 0 Å². The summed E-state index contributed by atoms with van der Waals surface area (Å²) in [4.78, 5) is 4.26. The Kier molecular flexibility index (Phi) is 7.70. The molecule has 1 unspecified atom stereocenters. The summed E-state index contributed by atoms with van der Waals surface area (Å²) in [5.41, 5.74) is 1.12. The van der Waals surface area contributed by atoms with Gasteiger partial charge in [-0.1, -0.05) is 20.8 Å². The van der Waals surface area contributed by atoms with Crippen LogP contribution in [0.4, 0.5) is 0 Å². The molecule has 1 rings (SSSR count). The lowest BCUT2D eigenvalue weighted by molar-refractivity contribution is -0.0471. The minimum absolute atomic E-state index is 0.114. The molecule has 0 aliphatic carbocycles. The number of ether oxygens (including phenoxy) is 1. The molecule has 0 aliphatic heterocycles. The maximum atomic E-state index is 5.90. The van der Waals surface area contributed by atoms with Gasteiger partial charge in [0.15, 0.2) is 0 Å². The molecule has 3 nitrogen and oxygen atoms in total. The molecule has 0 fully saturated rings. The topological polar surface area (TPSA) is 34.2 Å². The predicted octanol–water partition coefficient (Wildman–Crippen LogP) is 3.96. The van der Waals surface area contributed by atoms with Crippen LogP contribution in [0.5, 0.6) is 0 Å². The van der Waals surface area contributed by atoms with E-state index in [-0.39, 0.29) is 5.60 Å². The van der Waals surface area contributed by atoms with Gasteiger partial charge in [-0.15, -0.1) is 0 Å². The van der Waals surface area contributed by atoms with E-state index in [4.69, 9.17) is 4.74 Å². The largest absolute Gasteiger partial charge is 0.377 e. The van der Waals surface area contributed by atoms with E-state index in [2.05, 4.69) is 53.1 Å². The molecule has 0 spiro atoms. The summed E-state index contributed by atoms with van der Waals surface area (Å²) in [6, 6.07) is 2.44. The second-order valence-corrected chi connectivity index (χ2v) is 6.11. The fourth-order valence-electron chi connectivity index (χ4n) is 2.74. The fourth-order valence-corrected chi connectivity index (χ4v) is 3.15.